The average molecular weight is 308 g/mol. The molecule has 1 aliphatic rings. The largest absolute Gasteiger partial charge is 0.381 e. The summed E-state index contributed by atoms with van der Waals surface area (Å²) in [6, 6.07) is 4.91. The Bertz CT molecular complexity index is 372. The molecule has 88 valence electrons. The summed E-state index contributed by atoms with van der Waals surface area (Å²) in [6.07, 6.45) is 1.90. The number of hydrogen-bond donors (Lipinski definition) is 0. The summed E-state index contributed by atoms with van der Waals surface area (Å²) in [5, 5.41) is 0.195. The first-order valence-corrected chi connectivity index (χ1v) is 6.62. The standard InChI is InChI=1S/C12H13BrClFO/c13-10-3-4-16-7-9(10)5-8-1-2-12(15)11(14)6-8/h1-2,6,9-10H,3-5,7H2. The van der Waals surface area contributed by atoms with Crippen molar-refractivity contribution in [1.82, 2.24) is 0 Å². The van der Waals surface area contributed by atoms with Gasteiger partial charge in [-0.25, -0.2) is 4.39 Å². The van der Waals surface area contributed by atoms with Gasteiger partial charge in [-0.15, -0.1) is 0 Å². The van der Waals surface area contributed by atoms with E-state index in [9.17, 15) is 4.39 Å². The minimum absolute atomic E-state index is 0.195. The Kier molecular flexibility index (Phi) is 4.22. The van der Waals surface area contributed by atoms with Crippen molar-refractivity contribution in [2.45, 2.75) is 17.7 Å². The van der Waals surface area contributed by atoms with Crippen molar-refractivity contribution in [1.29, 1.82) is 0 Å². The lowest BCUT2D eigenvalue weighted by Crippen LogP contribution is -2.29. The van der Waals surface area contributed by atoms with Gasteiger partial charge in [0.2, 0.25) is 0 Å². The molecule has 2 unspecified atom stereocenters. The SMILES string of the molecule is Fc1ccc(CC2COCCC2Br)cc1Cl. The number of rotatable bonds is 2. The smallest absolute Gasteiger partial charge is 0.141 e. The lowest BCUT2D eigenvalue weighted by atomic mass is 9.94. The number of benzene rings is 1. The molecule has 2 rings (SSSR count). The van der Waals surface area contributed by atoms with Crippen LogP contribution in [0.25, 0.3) is 0 Å². The highest BCUT2D eigenvalue weighted by molar-refractivity contribution is 9.09. The predicted octanol–water partition coefficient (Wildman–Crippen LogP) is 3.82. The third kappa shape index (κ3) is 2.96. The Hall–Kier alpha value is -0.120. The molecule has 0 N–H and O–H groups in total. The third-order valence-electron chi connectivity index (χ3n) is 2.86. The number of halogens is 3. The van der Waals surface area contributed by atoms with Crippen molar-refractivity contribution in [3.05, 3.63) is 34.6 Å². The van der Waals surface area contributed by atoms with Crippen LogP contribution in [0.15, 0.2) is 18.2 Å². The second-order valence-corrected chi connectivity index (χ2v) is 5.68. The molecule has 0 spiro atoms. The zero-order chi connectivity index (χ0) is 11.5. The summed E-state index contributed by atoms with van der Waals surface area (Å²) in [6.45, 7) is 1.57. The zero-order valence-corrected chi connectivity index (χ0v) is 11.1. The van der Waals surface area contributed by atoms with Gasteiger partial charge < -0.3 is 4.74 Å². The molecule has 1 fully saturated rings. The summed E-state index contributed by atoms with van der Waals surface area (Å²) >= 11 is 9.41. The summed E-state index contributed by atoms with van der Waals surface area (Å²) in [7, 11) is 0. The van der Waals surface area contributed by atoms with E-state index >= 15 is 0 Å². The first-order chi connectivity index (χ1) is 7.66. The van der Waals surface area contributed by atoms with Gasteiger partial charge >= 0.3 is 0 Å². The van der Waals surface area contributed by atoms with E-state index in [-0.39, 0.29) is 10.8 Å². The van der Waals surface area contributed by atoms with E-state index < -0.39 is 0 Å². The number of hydrogen-bond acceptors (Lipinski definition) is 1. The fourth-order valence-electron chi connectivity index (χ4n) is 1.93. The molecule has 0 aliphatic carbocycles. The topological polar surface area (TPSA) is 9.23 Å². The highest BCUT2D eigenvalue weighted by atomic mass is 79.9. The highest BCUT2D eigenvalue weighted by Gasteiger charge is 2.23. The second-order valence-electron chi connectivity index (χ2n) is 4.09. The van der Waals surface area contributed by atoms with Crippen LogP contribution in [0.1, 0.15) is 12.0 Å². The molecular formula is C12H13BrClFO. The fraction of sp³-hybridized carbons (Fsp3) is 0.500. The van der Waals surface area contributed by atoms with Crippen LogP contribution in [0.2, 0.25) is 5.02 Å². The van der Waals surface area contributed by atoms with Gasteiger partial charge in [0.25, 0.3) is 0 Å². The predicted molar refractivity (Wildman–Crippen MR) is 66.8 cm³/mol. The molecule has 0 aromatic heterocycles. The van der Waals surface area contributed by atoms with E-state index in [1.165, 1.54) is 6.07 Å². The van der Waals surface area contributed by atoms with Crippen molar-refractivity contribution < 1.29 is 9.13 Å². The minimum atomic E-state index is -0.360. The van der Waals surface area contributed by atoms with E-state index in [1.54, 1.807) is 12.1 Å². The average Bonchev–Trinajstić information content (AvgIpc) is 2.27. The zero-order valence-electron chi connectivity index (χ0n) is 8.76. The van der Waals surface area contributed by atoms with Crippen LogP contribution in [0, 0.1) is 11.7 Å². The van der Waals surface area contributed by atoms with Crippen LogP contribution >= 0.6 is 27.5 Å². The fourth-order valence-corrected chi connectivity index (χ4v) is 2.66. The molecular weight excluding hydrogens is 294 g/mol. The second kappa shape index (κ2) is 5.48. The van der Waals surface area contributed by atoms with E-state index in [1.807, 2.05) is 0 Å². The summed E-state index contributed by atoms with van der Waals surface area (Å²) in [4.78, 5) is 0.477. The third-order valence-corrected chi connectivity index (χ3v) is 4.36. The van der Waals surface area contributed by atoms with Crippen LogP contribution in [-0.4, -0.2) is 18.0 Å². The maximum atomic E-state index is 13.0. The molecule has 1 aliphatic heterocycles. The Morgan fingerprint density at radius 3 is 3.00 bits per heavy atom. The molecule has 1 nitrogen and oxygen atoms in total. The van der Waals surface area contributed by atoms with Crippen molar-refractivity contribution in [3.63, 3.8) is 0 Å². The van der Waals surface area contributed by atoms with Crippen LogP contribution in [0.3, 0.4) is 0 Å². The van der Waals surface area contributed by atoms with Crippen LogP contribution < -0.4 is 0 Å². The van der Waals surface area contributed by atoms with E-state index in [0.717, 1.165) is 31.6 Å². The monoisotopic (exact) mass is 306 g/mol. The molecule has 0 saturated carbocycles. The Balaban J connectivity index is 2.05. The lowest BCUT2D eigenvalue weighted by molar-refractivity contribution is 0.0605. The first kappa shape index (κ1) is 12.3. The van der Waals surface area contributed by atoms with Gasteiger partial charge in [0, 0.05) is 11.4 Å². The molecule has 2 atom stereocenters. The van der Waals surface area contributed by atoms with Gasteiger partial charge in [-0.2, -0.15) is 0 Å². The molecule has 1 saturated heterocycles. The van der Waals surface area contributed by atoms with Crippen molar-refractivity contribution in [3.8, 4) is 0 Å². The summed E-state index contributed by atoms with van der Waals surface area (Å²) in [5.41, 5.74) is 1.06. The maximum Gasteiger partial charge on any atom is 0.141 e. The normalized spacial score (nSPS) is 25.7. The van der Waals surface area contributed by atoms with E-state index in [0.29, 0.717) is 10.7 Å². The lowest BCUT2D eigenvalue weighted by Gasteiger charge is -2.27. The van der Waals surface area contributed by atoms with Crippen LogP contribution in [0.4, 0.5) is 4.39 Å². The van der Waals surface area contributed by atoms with Crippen molar-refractivity contribution >= 4 is 27.5 Å². The van der Waals surface area contributed by atoms with Gasteiger partial charge in [0.1, 0.15) is 5.82 Å². The minimum Gasteiger partial charge on any atom is -0.381 e. The Morgan fingerprint density at radius 2 is 2.31 bits per heavy atom. The van der Waals surface area contributed by atoms with Crippen molar-refractivity contribution in [2.24, 2.45) is 5.92 Å². The molecule has 0 radical (unpaired) electrons. The Morgan fingerprint density at radius 1 is 1.50 bits per heavy atom. The van der Waals surface area contributed by atoms with Crippen LogP contribution in [-0.2, 0) is 11.2 Å². The quantitative estimate of drug-likeness (QED) is 0.755. The summed E-state index contributed by atoms with van der Waals surface area (Å²) in [5.74, 6) is 0.0796. The maximum absolute atomic E-state index is 13.0. The first-order valence-electron chi connectivity index (χ1n) is 5.32. The van der Waals surface area contributed by atoms with Gasteiger partial charge in [-0.05, 0) is 36.5 Å². The molecule has 1 aromatic carbocycles. The molecule has 4 heteroatoms. The highest BCUT2D eigenvalue weighted by Crippen LogP contribution is 2.26. The van der Waals surface area contributed by atoms with Gasteiger partial charge in [-0.1, -0.05) is 33.6 Å². The van der Waals surface area contributed by atoms with E-state index in [4.69, 9.17) is 16.3 Å². The Labute approximate surface area is 108 Å². The number of alkyl halides is 1. The molecule has 0 amide bonds. The molecule has 16 heavy (non-hydrogen) atoms. The number of ether oxygens (including phenoxy) is 1. The van der Waals surface area contributed by atoms with Gasteiger partial charge in [-0.3, -0.25) is 0 Å². The molecule has 1 heterocycles. The summed E-state index contributed by atoms with van der Waals surface area (Å²) < 4.78 is 18.4. The van der Waals surface area contributed by atoms with Gasteiger partial charge in [0.05, 0.1) is 11.6 Å². The molecule has 0 bridgehead atoms. The van der Waals surface area contributed by atoms with Crippen molar-refractivity contribution in [2.75, 3.05) is 13.2 Å². The van der Waals surface area contributed by atoms with Crippen LogP contribution in [0.5, 0.6) is 0 Å². The van der Waals surface area contributed by atoms with E-state index in [2.05, 4.69) is 15.9 Å². The van der Waals surface area contributed by atoms with Gasteiger partial charge in [0.15, 0.2) is 0 Å². The molecule has 1 aromatic rings.